The Bertz CT molecular complexity index is 434. The standard InChI is InChI=1S/C14H16OS/c1-11-4-2-5-12(10-11)7-8-13(15)14-6-3-9-16-14/h2-6,9-10,13,15H,7-8H2,1H3. The summed E-state index contributed by atoms with van der Waals surface area (Å²) in [5, 5.41) is 12.0. The van der Waals surface area contributed by atoms with Crippen LogP contribution in [0, 0.1) is 6.92 Å². The number of aliphatic hydroxyl groups is 1. The molecule has 1 unspecified atom stereocenters. The molecule has 0 fully saturated rings. The Balaban J connectivity index is 1.92. The van der Waals surface area contributed by atoms with Crippen molar-refractivity contribution in [2.45, 2.75) is 25.9 Å². The molecule has 2 rings (SSSR count). The van der Waals surface area contributed by atoms with E-state index in [1.807, 2.05) is 17.5 Å². The molecule has 1 aromatic carbocycles. The molecule has 0 saturated carbocycles. The van der Waals surface area contributed by atoms with Gasteiger partial charge < -0.3 is 5.11 Å². The molecule has 1 atom stereocenters. The van der Waals surface area contributed by atoms with Crippen LogP contribution in [0.5, 0.6) is 0 Å². The molecule has 1 aromatic heterocycles. The maximum Gasteiger partial charge on any atom is 0.0885 e. The molecule has 1 heterocycles. The number of benzene rings is 1. The molecular weight excluding hydrogens is 216 g/mol. The highest BCUT2D eigenvalue weighted by atomic mass is 32.1. The van der Waals surface area contributed by atoms with Crippen molar-refractivity contribution in [1.82, 2.24) is 0 Å². The van der Waals surface area contributed by atoms with Gasteiger partial charge in [0.25, 0.3) is 0 Å². The summed E-state index contributed by atoms with van der Waals surface area (Å²) in [6, 6.07) is 12.4. The number of rotatable bonds is 4. The van der Waals surface area contributed by atoms with Crippen molar-refractivity contribution >= 4 is 11.3 Å². The summed E-state index contributed by atoms with van der Waals surface area (Å²) in [7, 11) is 0. The predicted molar refractivity (Wildman–Crippen MR) is 68.8 cm³/mol. The van der Waals surface area contributed by atoms with Crippen LogP contribution in [0.25, 0.3) is 0 Å². The van der Waals surface area contributed by atoms with Crippen molar-refractivity contribution < 1.29 is 5.11 Å². The van der Waals surface area contributed by atoms with Gasteiger partial charge in [-0.05, 0) is 36.8 Å². The van der Waals surface area contributed by atoms with Gasteiger partial charge in [0, 0.05) is 4.88 Å². The molecular formula is C14H16OS. The maximum atomic E-state index is 9.95. The Morgan fingerprint density at radius 1 is 1.25 bits per heavy atom. The van der Waals surface area contributed by atoms with Gasteiger partial charge in [-0.15, -0.1) is 11.3 Å². The largest absolute Gasteiger partial charge is 0.388 e. The van der Waals surface area contributed by atoms with Crippen LogP contribution in [-0.4, -0.2) is 5.11 Å². The van der Waals surface area contributed by atoms with Gasteiger partial charge in [0.1, 0.15) is 0 Å². The molecule has 0 aliphatic heterocycles. The summed E-state index contributed by atoms with van der Waals surface area (Å²) in [6.45, 7) is 2.10. The van der Waals surface area contributed by atoms with Gasteiger partial charge in [-0.3, -0.25) is 0 Å². The second-order valence-corrected chi connectivity index (χ2v) is 5.04. The van der Waals surface area contributed by atoms with E-state index in [-0.39, 0.29) is 6.10 Å². The summed E-state index contributed by atoms with van der Waals surface area (Å²) in [4.78, 5) is 1.06. The second kappa shape index (κ2) is 5.28. The Labute approximate surface area is 100 Å². The van der Waals surface area contributed by atoms with E-state index in [0.717, 1.165) is 17.7 Å². The van der Waals surface area contributed by atoms with Gasteiger partial charge in [-0.1, -0.05) is 35.9 Å². The van der Waals surface area contributed by atoms with Crippen LogP contribution < -0.4 is 0 Å². The molecule has 0 aliphatic rings. The lowest BCUT2D eigenvalue weighted by Gasteiger charge is -2.08. The second-order valence-electron chi connectivity index (χ2n) is 4.06. The Morgan fingerprint density at radius 3 is 2.81 bits per heavy atom. The first-order valence-electron chi connectivity index (χ1n) is 5.53. The molecule has 0 amide bonds. The van der Waals surface area contributed by atoms with E-state index in [0.29, 0.717) is 0 Å². The molecule has 2 aromatic rings. The topological polar surface area (TPSA) is 20.2 Å². The smallest absolute Gasteiger partial charge is 0.0885 e. The molecule has 0 aliphatic carbocycles. The Kier molecular flexibility index (Phi) is 3.75. The van der Waals surface area contributed by atoms with Gasteiger partial charge in [0.15, 0.2) is 0 Å². The minimum Gasteiger partial charge on any atom is -0.388 e. The fourth-order valence-electron chi connectivity index (χ4n) is 1.79. The number of hydrogen-bond acceptors (Lipinski definition) is 2. The summed E-state index contributed by atoms with van der Waals surface area (Å²) in [6.07, 6.45) is 1.41. The van der Waals surface area contributed by atoms with Crippen molar-refractivity contribution in [1.29, 1.82) is 0 Å². The first kappa shape index (κ1) is 11.4. The molecule has 1 nitrogen and oxygen atoms in total. The molecule has 84 valence electrons. The average Bonchev–Trinajstić information content (AvgIpc) is 2.79. The summed E-state index contributed by atoms with van der Waals surface area (Å²) >= 11 is 1.62. The van der Waals surface area contributed by atoms with Crippen LogP contribution in [0.15, 0.2) is 41.8 Å². The van der Waals surface area contributed by atoms with Crippen LogP contribution in [0.2, 0.25) is 0 Å². The fraction of sp³-hybridized carbons (Fsp3) is 0.286. The lowest BCUT2D eigenvalue weighted by Crippen LogP contribution is -1.97. The van der Waals surface area contributed by atoms with Crippen LogP contribution in [0.1, 0.15) is 28.5 Å². The normalized spacial score (nSPS) is 12.6. The highest BCUT2D eigenvalue weighted by Crippen LogP contribution is 2.23. The Hall–Kier alpha value is -1.12. The van der Waals surface area contributed by atoms with E-state index in [9.17, 15) is 5.11 Å². The molecule has 0 radical (unpaired) electrons. The van der Waals surface area contributed by atoms with Crippen molar-refractivity contribution in [3.05, 3.63) is 57.8 Å². The molecule has 0 spiro atoms. The lowest BCUT2D eigenvalue weighted by atomic mass is 10.0. The number of aliphatic hydroxyl groups excluding tert-OH is 1. The quantitative estimate of drug-likeness (QED) is 0.851. The summed E-state index contributed by atoms with van der Waals surface area (Å²) < 4.78 is 0. The van der Waals surface area contributed by atoms with Gasteiger partial charge in [-0.25, -0.2) is 0 Å². The van der Waals surface area contributed by atoms with Gasteiger partial charge >= 0.3 is 0 Å². The van der Waals surface area contributed by atoms with Crippen molar-refractivity contribution in [2.75, 3.05) is 0 Å². The lowest BCUT2D eigenvalue weighted by molar-refractivity contribution is 0.171. The molecule has 16 heavy (non-hydrogen) atoms. The third-order valence-corrected chi connectivity index (χ3v) is 3.63. The number of hydrogen-bond donors (Lipinski definition) is 1. The van der Waals surface area contributed by atoms with Crippen LogP contribution >= 0.6 is 11.3 Å². The van der Waals surface area contributed by atoms with Crippen LogP contribution in [0.3, 0.4) is 0 Å². The van der Waals surface area contributed by atoms with E-state index in [1.54, 1.807) is 11.3 Å². The van der Waals surface area contributed by atoms with E-state index in [4.69, 9.17) is 0 Å². The molecule has 0 bridgehead atoms. The summed E-state index contributed by atoms with van der Waals surface area (Å²) in [5.74, 6) is 0. The fourth-order valence-corrected chi connectivity index (χ4v) is 2.54. The van der Waals surface area contributed by atoms with E-state index >= 15 is 0 Å². The van der Waals surface area contributed by atoms with Gasteiger partial charge in [0.2, 0.25) is 0 Å². The summed E-state index contributed by atoms with van der Waals surface area (Å²) in [5.41, 5.74) is 2.58. The highest BCUT2D eigenvalue weighted by Gasteiger charge is 2.08. The maximum absolute atomic E-state index is 9.95. The van der Waals surface area contributed by atoms with E-state index < -0.39 is 0 Å². The third-order valence-electron chi connectivity index (χ3n) is 2.66. The Morgan fingerprint density at radius 2 is 2.12 bits per heavy atom. The molecule has 0 saturated heterocycles. The van der Waals surface area contributed by atoms with Crippen molar-refractivity contribution in [3.63, 3.8) is 0 Å². The zero-order valence-corrected chi connectivity index (χ0v) is 10.2. The van der Waals surface area contributed by atoms with Crippen molar-refractivity contribution in [3.8, 4) is 0 Å². The third kappa shape index (κ3) is 2.94. The highest BCUT2D eigenvalue weighted by molar-refractivity contribution is 7.10. The monoisotopic (exact) mass is 232 g/mol. The minimum absolute atomic E-state index is 0.319. The number of aryl methyl sites for hydroxylation is 2. The molecule has 1 N–H and O–H groups in total. The zero-order chi connectivity index (χ0) is 11.4. The van der Waals surface area contributed by atoms with Gasteiger partial charge in [-0.2, -0.15) is 0 Å². The van der Waals surface area contributed by atoms with Crippen LogP contribution in [-0.2, 0) is 6.42 Å². The first-order valence-corrected chi connectivity index (χ1v) is 6.40. The van der Waals surface area contributed by atoms with E-state index in [2.05, 4.69) is 31.2 Å². The minimum atomic E-state index is -0.319. The van der Waals surface area contributed by atoms with E-state index in [1.165, 1.54) is 11.1 Å². The van der Waals surface area contributed by atoms with Crippen LogP contribution in [0.4, 0.5) is 0 Å². The van der Waals surface area contributed by atoms with Crippen molar-refractivity contribution in [2.24, 2.45) is 0 Å². The predicted octanol–water partition coefficient (Wildman–Crippen LogP) is 3.72. The first-order chi connectivity index (χ1) is 7.75. The van der Waals surface area contributed by atoms with Gasteiger partial charge in [0.05, 0.1) is 6.10 Å². The molecule has 2 heteroatoms. The average molecular weight is 232 g/mol. The number of thiophene rings is 1. The SMILES string of the molecule is Cc1cccc(CCC(O)c2cccs2)c1. The zero-order valence-electron chi connectivity index (χ0n) is 9.39.